The van der Waals surface area contributed by atoms with E-state index in [4.69, 9.17) is 9.47 Å². The highest BCUT2D eigenvalue weighted by atomic mass is 16.5. The van der Waals surface area contributed by atoms with Crippen molar-refractivity contribution in [2.45, 2.75) is 238 Å². The molecule has 1 heterocycles. The number of aliphatic hydroxyl groups is 1. The van der Waals surface area contributed by atoms with Gasteiger partial charge in [0.15, 0.2) is 0 Å². The van der Waals surface area contributed by atoms with Crippen LogP contribution in [0.2, 0.25) is 0 Å². The van der Waals surface area contributed by atoms with E-state index < -0.39 is 0 Å². The Morgan fingerprint density at radius 2 is 1.12 bits per heavy atom. The van der Waals surface area contributed by atoms with E-state index in [9.17, 15) is 14.7 Å². The lowest BCUT2D eigenvalue weighted by atomic mass is 9.82. The van der Waals surface area contributed by atoms with Crippen LogP contribution in [0, 0.1) is 5.92 Å². The van der Waals surface area contributed by atoms with E-state index in [2.05, 4.69) is 25.7 Å². The van der Waals surface area contributed by atoms with Gasteiger partial charge in [-0.25, -0.2) is 0 Å². The van der Waals surface area contributed by atoms with Crippen molar-refractivity contribution in [3.63, 3.8) is 0 Å². The molecule has 1 fully saturated rings. The Balaban J connectivity index is 2.37. The number of esters is 2. The van der Waals surface area contributed by atoms with E-state index >= 15 is 0 Å². The van der Waals surface area contributed by atoms with Crippen LogP contribution in [-0.4, -0.2) is 60.4 Å². The molecule has 0 aromatic heterocycles. The van der Waals surface area contributed by atoms with Crippen LogP contribution in [0.25, 0.3) is 0 Å². The number of carbonyl (C=O) groups is 2. The van der Waals surface area contributed by atoms with Gasteiger partial charge in [-0.05, 0) is 83.1 Å². The molecule has 2 atom stereocenters. The summed E-state index contributed by atoms with van der Waals surface area (Å²) in [6.07, 6.45) is 36.9. The Morgan fingerprint density at radius 1 is 0.620 bits per heavy atom. The molecule has 1 rings (SSSR count). The largest absolute Gasteiger partial charge is 0.466 e. The number of ether oxygens (including phenoxy) is 2. The summed E-state index contributed by atoms with van der Waals surface area (Å²) in [7, 11) is 0. The van der Waals surface area contributed by atoms with E-state index in [0.717, 1.165) is 83.7 Å². The first kappa shape index (κ1) is 46.9. The molecule has 6 heteroatoms. The van der Waals surface area contributed by atoms with Crippen LogP contribution in [0.5, 0.6) is 0 Å². The quantitative estimate of drug-likeness (QED) is 0.0516. The third-order valence-corrected chi connectivity index (χ3v) is 11.1. The van der Waals surface area contributed by atoms with Gasteiger partial charge in [-0.2, -0.15) is 0 Å². The summed E-state index contributed by atoms with van der Waals surface area (Å²) < 4.78 is 11.6. The number of unbranched alkanes of at least 4 members (excludes halogenated alkanes) is 19. The summed E-state index contributed by atoms with van der Waals surface area (Å²) in [5.41, 5.74) is 0. The molecular formula is C44H85NO5. The summed E-state index contributed by atoms with van der Waals surface area (Å²) in [5, 5.41) is 9.75. The van der Waals surface area contributed by atoms with Gasteiger partial charge in [0.25, 0.3) is 0 Å². The maximum atomic E-state index is 12.9. The lowest BCUT2D eigenvalue weighted by molar-refractivity contribution is -0.150. The zero-order valence-corrected chi connectivity index (χ0v) is 33.7. The normalized spacial score (nSPS) is 16.7. The SMILES string of the molecule is CCCCCCCCCOC(=O)CCCCC1CCCN(CCO)C1CCCCCC(=O)OC(CCCCCCCC)CCCCCCCC. The fourth-order valence-electron chi connectivity index (χ4n) is 7.98. The number of hydrogen-bond donors (Lipinski definition) is 1. The third-order valence-electron chi connectivity index (χ3n) is 11.1. The maximum absolute atomic E-state index is 12.9. The van der Waals surface area contributed by atoms with Gasteiger partial charge in [-0.15, -0.1) is 0 Å². The van der Waals surface area contributed by atoms with Crippen LogP contribution < -0.4 is 0 Å². The Morgan fingerprint density at radius 3 is 1.72 bits per heavy atom. The van der Waals surface area contributed by atoms with Gasteiger partial charge < -0.3 is 14.6 Å². The summed E-state index contributed by atoms with van der Waals surface area (Å²) in [4.78, 5) is 27.7. The Kier molecular flexibility index (Phi) is 32.7. The number of piperidine rings is 1. The van der Waals surface area contributed by atoms with Gasteiger partial charge in [0.1, 0.15) is 6.10 Å². The van der Waals surface area contributed by atoms with Gasteiger partial charge >= 0.3 is 11.9 Å². The number of rotatable bonds is 36. The smallest absolute Gasteiger partial charge is 0.306 e. The van der Waals surface area contributed by atoms with Crippen molar-refractivity contribution in [3.05, 3.63) is 0 Å². The average molecular weight is 708 g/mol. The van der Waals surface area contributed by atoms with Crippen molar-refractivity contribution in [1.82, 2.24) is 4.90 Å². The molecule has 0 saturated carbocycles. The van der Waals surface area contributed by atoms with Crippen LogP contribution >= 0.6 is 0 Å². The Labute approximate surface area is 311 Å². The molecule has 50 heavy (non-hydrogen) atoms. The van der Waals surface area contributed by atoms with Gasteiger partial charge in [-0.1, -0.05) is 143 Å². The number of aliphatic hydroxyl groups excluding tert-OH is 1. The monoisotopic (exact) mass is 708 g/mol. The van der Waals surface area contributed by atoms with Crippen molar-refractivity contribution >= 4 is 11.9 Å². The van der Waals surface area contributed by atoms with E-state index in [0.29, 0.717) is 31.4 Å². The average Bonchev–Trinajstić information content (AvgIpc) is 3.11. The molecule has 1 N–H and O–H groups in total. The molecule has 0 spiro atoms. The molecule has 6 nitrogen and oxygen atoms in total. The predicted octanol–water partition coefficient (Wildman–Crippen LogP) is 12.3. The van der Waals surface area contributed by atoms with Crippen LogP contribution in [0.3, 0.4) is 0 Å². The lowest BCUT2D eigenvalue weighted by Crippen LogP contribution is -2.46. The summed E-state index contributed by atoms with van der Waals surface area (Å²) in [5.74, 6) is 0.590. The first-order chi connectivity index (χ1) is 24.5. The minimum Gasteiger partial charge on any atom is -0.466 e. The molecule has 0 radical (unpaired) electrons. The fourth-order valence-corrected chi connectivity index (χ4v) is 7.98. The van der Waals surface area contributed by atoms with Gasteiger partial charge in [0.05, 0.1) is 13.2 Å². The zero-order valence-electron chi connectivity index (χ0n) is 33.7. The standard InChI is InChI=1S/C44H85NO5/c1-4-7-10-13-16-19-27-39-49-43(47)34-26-25-29-40-30-28-36-45(37-38-46)42(40)33-23-20-24-35-44(48)50-41(31-21-17-14-11-8-5-2)32-22-18-15-12-9-6-3/h40-42,46H,4-39H2,1-3H3. The second-order valence-corrected chi connectivity index (χ2v) is 15.6. The molecule has 0 aromatic carbocycles. The maximum Gasteiger partial charge on any atom is 0.306 e. The molecule has 1 saturated heterocycles. The molecular weight excluding hydrogens is 622 g/mol. The number of carbonyl (C=O) groups excluding carboxylic acids is 2. The molecule has 0 aromatic rings. The molecule has 0 aliphatic carbocycles. The Hall–Kier alpha value is -1.14. The minimum atomic E-state index is -0.0345. The highest BCUT2D eigenvalue weighted by Crippen LogP contribution is 2.31. The third kappa shape index (κ3) is 26.6. The number of nitrogens with zero attached hydrogens (tertiary/aromatic N) is 1. The van der Waals surface area contributed by atoms with Crippen LogP contribution in [0.1, 0.15) is 226 Å². The minimum absolute atomic E-state index is 0.00496. The fraction of sp³-hybridized carbons (Fsp3) is 0.955. The summed E-state index contributed by atoms with van der Waals surface area (Å²) in [6.45, 7) is 9.36. The van der Waals surface area contributed by atoms with Crippen molar-refractivity contribution in [2.75, 3.05) is 26.3 Å². The Bertz CT molecular complexity index is 743. The first-order valence-electron chi connectivity index (χ1n) is 22.3. The number of likely N-dealkylation sites (tertiary alicyclic amines) is 1. The van der Waals surface area contributed by atoms with Gasteiger partial charge in [-0.3, -0.25) is 14.5 Å². The van der Waals surface area contributed by atoms with E-state index in [1.54, 1.807) is 0 Å². The first-order valence-corrected chi connectivity index (χ1v) is 22.3. The van der Waals surface area contributed by atoms with Crippen molar-refractivity contribution in [2.24, 2.45) is 5.92 Å². The lowest BCUT2D eigenvalue weighted by Gasteiger charge is -2.41. The van der Waals surface area contributed by atoms with Crippen molar-refractivity contribution in [3.8, 4) is 0 Å². The zero-order chi connectivity index (χ0) is 36.3. The number of hydrogen-bond acceptors (Lipinski definition) is 6. The second kappa shape index (κ2) is 34.9. The summed E-state index contributed by atoms with van der Waals surface area (Å²) in [6, 6.07) is 0.492. The van der Waals surface area contributed by atoms with Crippen molar-refractivity contribution < 1.29 is 24.2 Å². The molecule has 296 valence electrons. The van der Waals surface area contributed by atoms with E-state index in [-0.39, 0.29) is 24.6 Å². The molecule has 1 aliphatic heterocycles. The van der Waals surface area contributed by atoms with E-state index in [1.165, 1.54) is 122 Å². The van der Waals surface area contributed by atoms with Crippen molar-refractivity contribution in [1.29, 1.82) is 0 Å². The predicted molar refractivity (Wildman–Crippen MR) is 212 cm³/mol. The molecule has 2 unspecified atom stereocenters. The van der Waals surface area contributed by atoms with E-state index in [1.807, 2.05) is 0 Å². The van der Waals surface area contributed by atoms with Gasteiger partial charge in [0.2, 0.25) is 0 Å². The summed E-state index contributed by atoms with van der Waals surface area (Å²) >= 11 is 0. The van der Waals surface area contributed by atoms with Crippen LogP contribution in [-0.2, 0) is 19.1 Å². The topological polar surface area (TPSA) is 76.1 Å². The van der Waals surface area contributed by atoms with Crippen LogP contribution in [0.4, 0.5) is 0 Å². The van der Waals surface area contributed by atoms with Crippen LogP contribution in [0.15, 0.2) is 0 Å². The highest BCUT2D eigenvalue weighted by molar-refractivity contribution is 5.69. The highest BCUT2D eigenvalue weighted by Gasteiger charge is 2.30. The molecule has 0 amide bonds. The molecule has 1 aliphatic rings. The van der Waals surface area contributed by atoms with Gasteiger partial charge in [0, 0.05) is 25.4 Å². The number of β-amino-alcohol motifs (C(OH)–C–C–N with tert-alkyl or cyclic N) is 1. The second-order valence-electron chi connectivity index (χ2n) is 15.6. The molecule has 0 bridgehead atoms.